The van der Waals surface area contributed by atoms with Crippen molar-refractivity contribution in [2.45, 2.75) is 20.1 Å². The molecule has 1 unspecified atom stereocenters. The van der Waals surface area contributed by atoms with E-state index in [2.05, 4.69) is 26.0 Å². The fraction of sp³-hybridized carbons (Fsp3) is 0.212. The summed E-state index contributed by atoms with van der Waals surface area (Å²) in [6.07, 6.45) is 2.75. The average Bonchev–Trinajstić information content (AvgIpc) is 3.58. The number of halogens is 1. The van der Waals surface area contributed by atoms with Gasteiger partial charge in [0.1, 0.15) is 29.2 Å². The van der Waals surface area contributed by atoms with E-state index in [9.17, 15) is 9.90 Å². The molecule has 0 saturated carbocycles. The maximum atomic E-state index is 15.0. The molecule has 4 aromatic rings. The van der Waals surface area contributed by atoms with Crippen LogP contribution in [-0.2, 0) is 4.79 Å². The Morgan fingerprint density at radius 3 is 2.32 bits per heavy atom. The molecule has 0 radical (unpaired) electrons. The predicted octanol–water partition coefficient (Wildman–Crippen LogP) is 4.59. The first kappa shape index (κ1) is 32.5. The number of Topliss-reactive ketones (excluding diaryl/α,β-unsaturated/α-hetero) is 1. The maximum absolute atomic E-state index is 15.0. The molecule has 0 fully saturated rings. The summed E-state index contributed by atoms with van der Waals surface area (Å²) in [7, 11) is 6.24. The number of rotatable bonds is 12. The number of hydrogen-bond donors (Lipinski definition) is 3. The fourth-order valence-corrected chi connectivity index (χ4v) is 4.82. The number of ketones is 1. The molecule has 3 N–H and O–H groups in total. The Kier molecular flexibility index (Phi) is 9.71. The number of hydrogen-bond acceptors (Lipinski definition) is 13. The van der Waals surface area contributed by atoms with Gasteiger partial charge in [-0.1, -0.05) is 6.07 Å². The largest absolute Gasteiger partial charge is 0.496 e. The first-order chi connectivity index (χ1) is 22.7. The zero-order valence-electron chi connectivity index (χ0n) is 26.5. The van der Waals surface area contributed by atoms with Gasteiger partial charge in [0, 0.05) is 30.7 Å². The van der Waals surface area contributed by atoms with E-state index in [1.54, 1.807) is 45.5 Å². The molecule has 2 heterocycles. The molecule has 244 valence electrons. The number of likely N-dealkylation sites (N-methyl/N-ethyl adjacent to an activating group) is 1. The number of oxazole rings is 1. The van der Waals surface area contributed by atoms with E-state index >= 15 is 4.39 Å². The molecule has 0 spiro atoms. The lowest BCUT2D eigenvalue weighted by molar-refractivity contribution is -0.111. The van der Waals surface area contributed by atoms with Gasteiger partial charge in [-0.15, -0.1) is 0 Å². The molecule has 5 rings (SSSR count). The van der Waals surface area contributed by atoms with E-state index in [0.717, 1.165) is 11.1 Å². The quantitative estimate of drug-likeness (QED) is 0.147. The summed E-state index contributed by atoms with van der Waals surface area (Å²) >= 11 is 0. The maximum Gasteiger partial charge on any atom is 0.209 e. The molecule has 1 aliphatic rings. The van der Waals surface area contributed by atoms with Gasteiger partial charge in [0.25, 0.3) is 0 Å². The van der Waals surface area contributed by atoms with Crippen molar-refractivity contribution < 1.29 is 37.7 Å². The number of aliphatic hydroxyl groups excluding tert-OH is 1. The smallest absolute Gasteiger partial charge is 0.209 e. The highest BCUT2D eigenvalue weighted by Gasteiger charge is 2.23. The molecule has 1 aliphatic heterocycles. The van der Waals surface area contributed by atoms with Crippen LogP contribution in [0.1, 0.15) is 18.1 Å². The van der Waals surface area contributed by atoms with E-state index in [1.165, 1.54) is 49.8 Å². The second-order valence-corrected chi connectivity index (χ2v) is 10.2. The van der Waals surface area contributed by atoms with Gasteiger partial charge in [0.05, 0.1) is 38.8 Å². The van der Waals surface area contributed by atoms with Crippen molar-refractivity contribution in [1.82, 2.24) is 15.8 Å². The lowest BCUT2D eigenvalue weighted by Crippen LogP contribution is -2.39. The molecule has 0 amide bonds. The number of nitrogens with one attached hydrogen (secondary N) is 2. The van der Waals surface area contributed by atoms with Crippen molar-refractivity contribution >= 4 is 23.1 Å². The summed E-state index contributed by atoms with van der Waals surface area (Å²) in [4.78, 5) is 17.4. The lowest BCUT2D eigenvalue weighted by atomic mass is 10.0. The lowest BCUT2D eigenvalue weighted by Gasteiger charge is -2.26. The van der Waals surface area contributed by atoms with Gasteiger partial charge < -0.3 is 33.4 Å². The number of ether oxygens (including phenoxy) is 4. The van der Waals surface area contributed by atoms with Crippen molar-refractivity contribution in [3.63, 3.8) is 0 Å². The van der Waals surface area contributed by atoms with E-state index in [0.29, 0.717) is 45.7 Å². The molecule has 0 saturated heterocycles. The van der Waals surface area contributed by atoms with E-state index in [4.69, 9.17) is 23.4 Å². The van der Waals surface area contributed by atoms with Crippen LogP contribution in [0.2, 0.25) is 0 Å². The van der Waals surface area contributed by atoms with Crippen LogP contribution >= 0.6 is 0 Å². The van der Waals surface area contributed by atoms with Crippen LogP contribution < -0.4 is 34.7 Å². The number of carbonyl (C=O) groups is 1. The van der Waals surface area contributed by atoms with Crippen molar-refractivity contribution in [2.24, 2.45) is 10.2 Å². The minimum absolute atomic E-state index is 0.0187. The third-order valence-corrected chi connectivity index (χ3v) is 7.35. The highest BCUT2D eigenvalue weighted by atomic mass is 19.1. The Balaban J connectivity index is 1.37. The van der Waals surface area contributed by atoms with Gasteiger partial charge in [-0.2, -0.15) is 10.2 Å². The summed E-state index contributed by atoms with van der Waals surface area (Å²) < 4.78 is 43.2. The molecule has 13 nitrogen and oxygen atoms in total. The summed E-state index contributed by atoms with van der Waals surface area (Å²) in [6.45, 7) is 3.22. The van der Waals surface area contributed by atoms with Crippen LogP contribution in [0.3, 0.4) is 0 Å². The zero-order valence-corrected chi connectivity index (χ0v) is 26.5. The predicted molar refractivity (Wildman–Crippen MR) is 173 cm³/mol. The third kappa shape index (κ3) is 6.72. The summed E-state index contributed by atoms with van der Waals surface area (Å²) in [5, 5.41) is 18.9. The van der Waals surface area contributed by atoms with E-state index in [-0.39, 0.29) is 23.0 Å². The molecular weight excluding hydrogens is 611 g/mol. The number of amidine groups is 2. The van der Waals surface area contributed by atoms with Gasteiger partial charge in [0.15, 0.2) is 35.3 Å². The molecule has 0 aliphatic carbocycles. The Morgan fingerprint density at radius 2 is 1.68 bits per heavy atom. The molecule has 3 aromatic carbocycles. The van der Waals surface area contributed by atoms with Crippen molar-refractivity contribution in [3.8, 4) is 45.6 Å². The Hall–Kier alpha value is -5.89. The molecule has 47 heavy (non-hydrogen) atoms. The second kappa shape index (κ2) is 14.0. The number of benzene rings is 3. The molecule has 1 atom stereocenters. The Labute approximate surface area is 269 Å². The zero-order chi connectivity index (χ0) is 33.7. The molecule has 0 bridgehead atoms. The van der Waals surface area contributed by atoms with Gasteiger partial charge in [0.2, 0.25) is 5.84 Å². The van der Waals surface area contributed by atoms with Gasteiger partial charge in [-0.05, 0) is 55.5 Å². The number of nitrogens with zero attached hydrogens (tertiary/aromatic N) is 4. The monoisotopic (exact) mass is 644 g/mol. The van der Waals surface area contributed by atoms with Crippen LogP contribution in [0.4, 0.5) is 10.1 Å². The van der Waals surface area contributed by atoms with Crippen molar-refractivity contribution in [2.75, 3.05) is 33.3 Å². The average molecular weight is 645 g/mol. The normalized spacial score (nSPS) is 13.2. The fourth-order valence-electron chi connectivity index (χ4n) is 4.82. The minimum Gasteiger partial charge on any atom is -0.496 e. The number of anilines is 1. The Morgan fingerprint density at radius 1 is 0.979 bits per heavy atom. The summed E-state index contributed by atoms with van der Waals surface area (Å²) in [6, 6.07) is 13.3. The molecular formula is C33H33FN6O7. The topological polar surface area (TPSA) is 152 Å². The van der Waals surface area contributed by atoms with Crippen LogP contribution in [0.15, 0.2) is 81.9 Å². The number of hydrazone groups is 2. The highest BCUT2D eigenvalue weighted by Crippen LogP contribution is 2.40. The van der Waals surface area contributed by atoms with Crippen molar-refractivity contribution in [3.05, 3.63) is 84.2 Å². The van der Waals surface area contributed by atoms with Crippen molar-refractivity contribution in [1.29, 1.82) is 0 Å². The standard InChI is InChI=1S/C33H33FN6O7/c1-18-25(44-5)15-21(16-26(18)45-6)30-31(47-17-35-30)20-10-11-24(43-4)27(14-20)46-13-12-28(42)40(3)23-9-7-8-22(34)29(23)33-38-36-32(19(2)41)37-39-33/h7-17,28,42H,1-6H3,(H,36,37)(H,38,39)/b13-12+. The number of aliphatic hydroxyl groups is 1. The highest BCUT2D eigenvalue weighted by molar-refractivity contribution is 6.38. The molecule has 1 aromatic heterocycles. The van der Waals surface area contributed by atoms with Gasteiger partial charge in [-0.25, -0.2) is 9.37 Å². The second-order valence-electron chi connectivity index (χ2n) is 10.2. The van der Waals surface area contributed by atoms with Crippen LogP contribution in [0, 0.1) is 12.7 Å². The Bertz CT molecular complexity index is 1860. The van der Waals surface area contributed by atoms with Crippen LogP contribution in [0.25, 0.3) is 22.6 Å². The minimum atomic E-state index is -1.26. The third-order valence-electron chi connectivity index (χ3n) is 7.35. The van der Waals surface area contributed by atoms with E-state index < -0.39 is 12.0 Å². The molecule has 14 heteroatoms. The van der Waals surface area contributed by atoms with Gasteiger partial charge >= 0.3 is 0 Å². The van der Waals surface area contributed by atoms with Crippen LogP contribution in [-0.4, -0.2) is 62.1 Å². The first-order valence-electron chi connectivity index (χ1n) is 14.2. The first-order valence-corrected chi connectivity index (χ1v) is 14.2. The van der Waals surface area contributed by atoms with Gasteiger partial charge in [-0.3, -0.25) is 15.6 Å². The summed E-state index contributed by atoms with van der Waals surface area (Å²) in [5.74, 6) is 1.55. The summed E-state index contributed by atoms with van der Waals surface area (Å²) in [5.41, 5.74) is 8.20. The van der Waals surface area contributed by atoms with Crippen LogP contribution in [0.5, 0.6) is 23.0 Å². The number of carbonyl (C=O) groups excluding carboxylic acids is 1. The van der Waals surface area contributed by atoms with E-state index in [1.807, 2.05) is 19.1 Å². The SMILES string of the molecule is COc1ccc(-c2ocnc2-c2cc(OC)c(C)c(OC)c2)cc1O/C=C/C(O)N(C)c1cccc(F)c1C1=NNC(C(C)=O)=NN1. The number of methoxy groups -OCH3 is 3. The number of aromatic nitrogens is 1.